The van der Waals surface area contributed by atoms with Crippen molar-refractivity contribution in [1.82, 2.24) is 4.98 Å². The van der Waals surface area contributed by atoms with Crippen molar-refractivity contribution in [2.75, 3.05) is 12.4 Å². The number of ketones is 1. The Bertz CT molecular complexity index is 1200. The third-order valence-corrected chi connectivity index (χ3v) is 4.75. The second-order valence-electron chi connectivity index (χ2n) is 6.61. The number of anilines is 1. The zero-order chi connectivity index (χ0) is 23.3. The molecule has 3 aromatic rings. The van der Waals surface area contributed by atoms with Crippen molar-refractivity contribution in [3.8, 4) is 5.75 Å². The Balaban J connectivity index is 0.00000385. The number of oxime groups is 1. The van der Waals surface area contributed by atoms with Gasteiger partial charge < -0.3 is 21.0 Å². The van der Waals surface area contributed by atoms with Crippen LogP contribution in [0.15, 0.2) is 59.9 Å². The van der Waals surface area contributed by atoms with Crippen molar-refractivity contribution in [3.05, 3.63) is 88.0 Å². The highest BCUT2D eigenvalue weighted by Gasteiger charge is 2.19. The summed E-state index contributed by atoms with van der Waals surface area (Å²) in [5.41, 5.74) is 6.10. The van der Waals surface area contributed by atoms with E-state index in [1.54, 1.807) is 18.2 Å². The lowest BCUT2D eigenvalue weighted by Gasteiger charge is -2.13. The van der Waals surface area contributed by atoms with Gasteiger partial charge in [0, 0.05) is 23.0 Å². The van der Waals surface area contributed by atoms with Crippen LogP contribution in [-0.4, -0.2) is 34.8 Å². The lowest BCUT2D eigenvalue weighted by molar-refractivity contribution is 0.0992. The number of nitrogens with zero attached hydrogens (tertiary/aromatic N) is 2. The molecule has 0 aliphatic carbocycles. The number of amidine groups is 1. The normalized spacial score (nSPS) is 10.8. The topological polar surface area (TPSA) is 127 Å². The Morgan fingerprint density at radius 3 is 2.55 bits per heavy atom. The number of pyridine rings is 1. The second kappa shape index (κ2) is 11.1. The van der Waals surface area contributed by atoms with Crippen molar-refractivity contribution in [1.29, 1.82) is 0 Å². The number of rotatable bonds is 7. The Labute approximate surface area is 194 Å². The summed E-state index contributed by atoms with van der Waals surface area (Å²) in [5, 5.41) is 14.5. The molecule has 2 aromatic carbocycles. The first-order chi connectivity index (χ1) is 15.3. The lowest BCUT2D eigenvalue weighted by Crippen LogP contribution is -2.18. The predicted octanol–water partition coefficient (Wildman–Crippen LogP) is 4.29. The fourth-order valence-corrected chi connectivity index (χ4v) is 2.98. The zero-order valence-electron chi connectivity index (χ0n) is 16.8. The van der Waals surface area contributed by atoms with Crippen LogP contribution < -0.4 is 15.8 Å². The molecule has 0 aliphatic heterocycles. The number of halogens is 2. The number of carbonyl (C=O) groups is 2. The van der Waals surface area contributed by atoms with Crippen LogP contribution in [0.5, 0.6) is 5.75 Å². The van der Waals surface area contributed by atoms with Gasteiger partial charge in [-0.25, -0.2) is 4.39 Å². The van der Waals surface area contributed by atoms with Crippen LogP contribution in [0.1, 0.15) is 39.4 Å². The maximum absolute atomic E-state index is 14.4. The fourth-order valence-electron chi connectivity index (χ4n) is 2.87. The van der Waals surface area contributed by atoms with Crippen molar-refractivity contribution < 1.29 is 23.9 Å². The molecule has 0 saturated heterocycles. The smallest absolute Gasteiger partial charge is 0.258 e. The first-order valence-corrected chi connectivity index (χ1v) is 9.60. The Morgan fingerprint density at radius 2 is 1.94 bits per heavy atom. The van der Waals surface area contributed by atoms with Gasteiger partial charge in [0.25, 0.3) is 5.91 Å². The van der Waals surface area contributed by atoms with Gasteiger partial charge in [0.1, 0.15) is 11.6 Å². The number of amides is 1. The summed E-state index contributed by atoms with van der Waals surface area (Å²) in [6.07, 6.45) is 1.38. The van der Waals surface area contributed by atoms with Gasteiger partial charge in [-0.3, -0.25) is 14.6 Å². The van der Waals surface area contributed by atoms with Gasteiger partial charge in [0.05, 0.1) is 29.8 Å². The van der Waals surface area contributed by atoms with Gasteiger partial charge in [-0.15, -0.1) is 0 Å². The number of benzene rings is 2. The van der Waals surface area contributed by atoms with Crippen LogP contribution in [0.3, 0.4) is 0 Å². The molecule has 8 nitrogen and oxygen atoms in total. The summed E-state index contributed by atoms with van der Waals surface area (Å²) in [6, 6.07) is 11.3. The van der Waals surface area contributed by atoms with Crippen molar-refractivity contribution in [2.24, 2.45) is 10.9 Å². The van der Waals surface area contributed by atoms with Gasteiger partial charge in [-0.2, -0.15) is 0 Å². The minimum absolute atomic E-state index is 0. The van der Waals surface area contributed by atoms with Gasteiger partial charge in [-0.1, -0.05) is 30.2 Å². The number of hydrogen-bond donors (Lipinski definition) is 3. The maximum Gasteiger partial charge on any atom is 0.258 e. The molecule has 0 aliphatic rings. The molecule has 172 valence electrons. The van der Waals surface area contributed by atoms with Crippen LogP contribution >= 0.6 is 11.6 Å². The van der Waals surface area contributed by atoms with E-state index in [1.165, 1.54) is 37.6 Å². The minimum Gasteiger partial charge on any atom is -0.497 e. The van der Waals surface area contributed by atoms with E-state index >= 15 is 0 Å². The molecule has 0 saturated carbocycles. The van der Waals surface area contributed by atoms with E-state index in [1.807, 2.05) is 0 Å². The second-order valence-corrected chi connectivity index (χ2v) is 7.05. The van der Waals surface area contributed by atoms with E-state index in [0.29, 0.717) is 16.5 Å². The number of hydrogen-bond acceptors (Lipinski definition) is 6. The molecule has 3 rings (SSSR count). The summed E-state index contributed by atoms with van der Waals surface area (Å²) < 4.78 is 19.6. The minimum atomic E-state index is -0.877. The van der Waals surface area contributed by atoms with Gasteiger partial charge in [0.2, 0.25) is 0 Å². The van der Waals surface area contributed by atoms with E-state index in [0.717, 1.165) is 6.07 Å². The summed E-state index contributed by atoms with van der Waals surface area (Å²) in [5.74, 6) is -1.88. The first kappa shape index (κ1) is 25.3. The summed E-state index contributed by atoms with van der Waals surface area (Å²) in [6.45, 7) is 0. The SMILES string of the molecule is C.COc1ccc(NC(=O)c2ccc(/C(N)=N/O)cc2F)c(C(=O)Cc2ccc(Cl)cn2)c1. The Hall–Kier alpha value is -3.98. The predicted molar refractivity (Wildman–Crippen MR) is 124 cm³/mol. The van der Waals surface area contributed by atoms with Crippen LogP contribution in [0, 0.1) is 5.82 Å². The van der Waals surface area contributed by atoms with Crippen LogP contribution in [-0.2, 0) is 6.42 Å². The number of carbonyl (C=O) groups excluding carboxylic acids is 2. The number of methoxy groups -OCH3 is 1. The van der Waals surface area contributed by atoms with Crippen LogP contribution in [0.4, 0.5) is 10.1 Å². The Kier molecular flexibility index (Phi) is 8.47. The van der Waals surface area contributed by atoms with E-state index in [-0.39, 0.29) is 47.8 Å². The third kappa shape index (κ3) is 6.05. The fraction of sp³-hybridized carbons (Fsp3) is 0.130. The summed E-state index contributed by atoms with van der Waals surface area (Å²) in [7, 11) is 1.45. The third-order valence-electron chi connectivity index (χ3n) is 4.52. The average molecular weight is 473 g/mol. The number of nitrogens with one attached hydrogen (secondary N) is 1. The summed E-state index contributed by atoms with van der Waals surface area (Å²) >= 11 is 5.83. The van der Waals surface area contributed by atoms with Gasteiger partial charge in [0.15, 0.2) is 11.6 Å². The molecule has 10 heteroatoms. The molecule has 0 spiro atoms. The van der Waals surface area contributed by atoms with Gasteiger partial charge >= 0.3 is 0 Å². The monoisotopic (exact) mass is 472 g/mol. The molecule has 1 amide bonds. The molecular formula is C23H22ClFN4O4. The quantitative estimate of drug-likeness (QED) is 0.155. The van der Waals surface area contributed by atoms with Crippen LogP contribution in [0.2, 0.25) is 5.02 Å². The Morgan fingerprint density at radius 1 is 1.18 bits per heavy atom. The average Bonchev–Trinajstić information content (AvgIpc) is 2.80. The van der Waals surface area contributed by atoms with Crippen molar-refractivity contribution in [3.63, 3.8) is 0 Å². The van der Waals surface area contributed by atoms with E-state index in [9.17, 15) is 14.0 Å². The first-order valence-electron chi connectivity index (χ1n) is 9.23. The molecule has 0 fully saturated rings. The number of Topliss-reactive ketones (excluding diaryl/α,β-unsaturated/α-hetero) is 1. The molecule has 1 aromatic heterocycles. The lowest BCUT2D eigenvalue weighted by atomic mass is 10.0. The van der Waals surface area contributed by atoms with Gasteiger partial charge in [-0.05, 0) is 42.5 Å². The maximum atomic E-state index is 14.4. The molecular weight excluding hydrogens is 451 g/mol. The highest BCUT2D eigenvalue weighted by molar-refractivity contribution is 6.30. The molecule has 4 N–H and O–H groups in total. The number of nitrogens with two attached hydrogens (primary N) is 1. The molecule has 0 radical (unpaired) electrons. The molecule has 33 heavy (non-hydrogen) atoms. The highest BCUT2D eigenvalue weighted by atomic mass is 35.5. The molecule has 0 bridgehead atoms. The zero-order valence-corrected chi connectivity index (χ0v) is 17.6. The van der Waals surface area contributed by atoms with Crippen LogP contribution in [0.25, 0.3) is 0 Å². The van der Waals surface area contributed by atoms with E-state index < -0.39 is 11.7 Å². The summed E-state index contributed by atoms with van der Waals surface area (Å²) in [4.78, 5) is 29.7. The molecule has 0 unspecified atom stereocenters. The highest BCUT2D eigenvalue weighted by Crippen LogP contribution is 2.25. The molecule has 1 heterocycles. The molecule has 0 atom stereocenters. The van der Waals surface area contributed by atoms with Crippen molar-refractivity contribution in [2.45, 2.75) is 13.8 Å². The number of ether oxygens (including phenoxy) is 1. The standard InChI is InChI=1S/C22H18ClFN4O4.CH4/c1-32-15-5-7-19(17(10-15)20(29)9-14-4-3-13(23)11-26-14)27-22(30)16-6-2-12(8-18(16)24)21(25)28-31;/h2-8,10-11,31H,9H2,1H3,(H2,25,28)(H,27,30);1H4. The van der Waals surface area contributed by atoms with E-state index in [2.05, 4.69) is 15.5 Å². The van der Waals surface area contributed by atoms with Crippen molar-refractivity contribution >= 4 is 34.8 Å². The van der Waals surface area contributed by atoms with E-state index in [4.69, 9.17) is 27.3 Å². The number of aromatic nitrogens is 1. The largest absolute Gasteiger partial charge is 0.497 e.